The first-order valence-corrected chi connectivity index (χ1v) is 7.89. The molecule has 0 amide bonds. The largest absolute Gasteiger partial charge is 0.481 e. The third-order valence-electron chi connectivity index (χ3n) is 1.87. The Morgan fingerprint density at radius 3 is 2.37 bits per heavy atom. The molecule has 6 N–H and O–H groups in total. The number of sulfonamides is 1. The number of rotatable bonds is 6. The van der Waals surface area contributed by atoms with E-state index in [4.69, 9.17) is 21.1 Å². The molecule has 0 aliphatic carbocycles. The summed E-state index contributed by atoms with van der Waals surface area (Å²) in [4.78, 5) is 21.4. The van der Waals surface area contributed by atoms with Crippen LogP contribution >= 0.6 is 23.1 Å². The molecule has 106 valence electrons. The molecule has 0 fully saturated rings. The second kappa shape index (κ2) is 5.77. The van der Waals surface area contributed by atoms with Crippen molar-refractivity contribution < 1.29 is 28.2 Å². The molecule has 0 spiro atoms. The van der Waals surface area contributed by atoms with E-state index in [9.17, 15) is 18.0 Å². The zero-order chi connectivity index (χ0) is 14.8. The monoisotopic (exact) mass is 326 g/mol. The van der Waals surface area contributed by atoms with Gasteiger partial charge in [-0.3, -0.25) is 9.59 Å². The molecule has 0 bridgehead atoms. The van der Waals surface area contributed by atoms with Gasteiger partial charge in [0.25, 0.3) is 0 Å². The van der Waals surface area contributed by atoms with E-state index in [0.29, 0.717) is 23.1 Å². The number of carboxylic acids is 2. The summed E-state index contributed by atoms with van der Waals surface area (Å²) in [5.74, 6) is -2.60. The zero-order valence-corrected chi connectivity index (χ0v) is 11.7. The van der Waals surface area contributed by atoms with Gasteiger partial charge in [-0.15, -0.1) is 11.3 Å². The van der Waals surface area contributed by atoms with Gasteiger partial charge in [-0.1, -0.05) is 11.8 Å². The molecule has 1 aromatic heterocycles. The number of primary sulfonamides is 1. The molecule has 1 atom stereocenters. The summed E-state index contributed by atoms with van der Waals surface area (Å²) in [5.41, 5.74) is 5.60. The Labute approximate surface area is 116 Å². The molecule has 0 saturated heterocycles. The summed E-state index contributed by atoms with van der Waals surface area (Å²) >= 11 is 1.39. The summed E-state index contributed by atoms with van der Waals surface area (Å²) in [6.45, 7) is 0. The third-order valence-corrected chi connectivity index (χ3v) is 5.87. The maximum Gasteiger partial charge on any atom is 0.317 e. The first kappa shape index (κ1) is 15.8. The van der Waals surface area contributed by atoms with Crippen molar-refractivity contribution in [1.29, 1.82) is 0 Å². The Hall–Kier alpha value is -1.30. The van der Waals surface area contributed by atoms with Crippen molar-refractivity contribution in [3.8, 4) is 0 Å². The second-order valence-corrected chi connectivity index (χ2v) is 7.71. The number of thiophene rings is 1. The molecular weight excluding hydrogens is 316 g/mol. The van der Waals surface area contributed by atoms with E-state index >= 15 is 0 Å². The number of aliphatic carboxylic acids is 2. The van der Waals surface area contributed by atoms with Gasteiger partial charge in [-0.2, -0.15) is 0 Å². The van der Waals surface area contributed by atoms with Crippen LogP contribution in [0.5, 0.6) is 0 Å². The van der Waals surface area contributed by atoms with Crippen molar-refractivity contribution >= 4 is 50.7 Å². The molecule has 19 heavy (non-hydrogen) atoms. The normalized spacial score (nSPS) is 13.1. The molecule has 1 aromatic rings. The number of anilines is 1. The molecule has 11 heteroatoms. The first-order chi connectivity index (χ1) is 8.61. The number of carboxylic acid groups (broad SMARTS) is 2. The molecule has 1 rings (SSSR count). The maximum absolute atomic E-state index is 11.1. The van der Waals surface area contributed by atoms with Crippen LogP contribution in [0.4, 0.5) is 5.69 Å². The minimum atomic E-state index is -3.92. The Kier molecular flexibility index (Phi) is 4.79. The summed E-state index contributed by atoms with van der Waals surface area (Å²) in [5, 5.41) is 21.1. The van der Waals surface area contributed by atoms with Gasteiger partial charge < -0.3 is 15.9 Å². The Morgan fingerprint density at radius 2 is 2.00 bits per heavy atom. The molecule has 8 nitrogen and oxygen atoms in total. The Balaban J connectivity index is 3.01. The van der Waals surface area contributed by atoms with E-state index in [1.54, 1.807) is 0 Å². The average Bonchev–Trinajstić information content (AvgIpc) is 2.58. The molecule has 0 aliphatic heterocycles. The fraction of sp³-hybridized carbons (Fsp3) is 0.250. The number of hydrogen-bond acceptors (Lipinski definition) is 7. The standard InChI is InChI=1S/C8H10N2O6S3/c9-3-1-6(19(10,15)16)18-8(3)17-4(7(13)14)2-5(11)12/h1,4H,2,9H2,(H,11,12)(H,13,14)(H2,10,15,16). The Bertz CT molecular complexity index is 608. The van der Waals surface area contributed by atoms with Crippen LogP contribution in [0.3, 0.4) is 0 Å². The van der Waals surface area contributed by atoms with Gasteiger partial charge in [-0.25, -0.2) is 13.6 Å². The molecular formula is C8H10N2O6S3. The van der Waals surface area contributed by atoms with Crippen molar-refractivity contribution in [3.05, 3.63) is 6.07 Å². The van der Waals surface area contributed by atoms with Crippen LogP contribution in [-0.4, -0.2) is 35.8 Å². The molecule has 0 aromatic carbocycles. The fourth-order valence-corrected chi connectivity index (χ4v) is 4.37. The summed E-state index contributed by atoms with van der Waals surface area (Å²) in [6, 6.07) is 1.11. The minimum Gasteiger partial charge on any atom is -0.481 e. The number of hydrogen-bond donors (Lipinski definition) is 4. The number of nitrogen functional groups attached to an aromatic ring is 1. The number of thioether (sulfide) groups is 1. The quantitative estimate of drug-likeness (QED) is 0.531. The van der Waals surface area contributed by atoms with Crippen LogP contribution in [0.1, 0.15) is 6.42 Å². The maximum atomic E-state index is 11.1. The third kappa shape index (κ3) is 4.38. The van der Waals surface area contributed by atoms with E-state index in [2.05, 4.69) is 0 Å². The van der Waals surface area contributed by atoms with E-state index in [1.165, 1.54) is 0 Å². The van der Waals surface area contributed by atoms with Crippen molar-refractivity contribution in [2.45, 2.75) is 20.1 Å². The summed E-state index contributed by atoms with van der Waals surface area (Å²) in [7, 11) is -3.92. The van der Waals surface area contributed by atoms with Crippen molar-refractivity contribution in [2.75, 3.05) is 5.73 Å². The van der Waals surface area contributed by atoms with Gasteiger partial charge in [0.1, 0.15) is 9.46 Å². The van der Waals surface area contributed by atoms with Gasteiger partial charge >= 0.3 is 11.9 Å². The lowest BCUT2D eigenvalue weighted by atomic mass is 10.3. The van der Waals surface area contributed by atoms with Crippen LogP contribution in [-0.2, 0) is 19.6 Å². The van der Waals surface area contributed by atoms with Crippen LogP contribution in [0, 0.1) is 0 Å². The lowest BCUT2D eigenvalue weighted by Gasteiger charge is -2.08. The van der Waals surface area contributed by atoms with Gasteiger partial charge in [-0.05, 0) is 6.07 Å². The predicted molar refractivity (Wildman–Crippen MR) is 69.6 cm³/mol. The molecule has 1 heterocycles. The SMILES string of the molecule is Nc1cc(S(N)(=O)=O)sc1SC(CC(=O)O)C(=O)O. The van der Waals surface area contributed by atoms with Gasteiger partial charge in [0.2, 0.25) is 10.0 Å². The zero-order valence-electron chi connectivity index (χ0n) is 9.27. The molecule has 0 saturated carbocycles. The van der Waals surface area contributed by atoms with E-state index < -0.39 is 33.6 Å². The highest BCUT2D eigenvalue weighted by molar-refractivity contribution is 8.03. The minimum absolute atomic E-state index is 0.0515. The molecule has 1 unspecified atom stereocenters. The highest BCUT2D eigenvalue weighted by Crippen LogP contribution is 2.39. The lowest BCUT2D eigenvalue weighted by molar-refractivity contribution is -0.142. The average molecular weight is 326 g/mol. The van der Waals surface area contributed by atoms with Crippen molar-refractivity contribution in [1.82, 2.24) is 0 Å². The van der Waals surface area contributed by atoms with E-state index in [-0.39, 0.29) is 14.1 Å². The van der Waals surface area contributed by atoms with E-state index in [0.717, 1.165) is 6.07 Å². The summed E-state index contributed by atoms with van der Waals surface area (Å²) < 4.78 is 22.2. The van der Waals surface area contributed by atoms with Crippen LogP contribution in [0.25, 0.3) is 0 Å². The number of nitrogens with two attached hydrogens (primary N) is 2. The van der Waals surface area contributed by atoms with Crippen LogP contribution in [0.2, 0.25) is 0 Å². The highest BCUT2D eigenvalue weighted by atomic mass is 32.3. The van der Waals surface area contributed by atoms with E-state index in [1.807, 2.05) is 0 Å². The van der Waals surface area contributed by atoms with Crippen LogP contribution < -0.4 is 10.9 Å². The highest BCUT2D eigenvalue weighted by Gasteiger charge is 2.25. The van der Waals surface area contributed by atoms with Crippen molar-refractivity contribution in [2.24, 2.45) is 5.14 Å². The smallest absolute Gasteiger partial charge is 0.317 e. The Morgan fingerprint density at radius 1 is 1.42 bits per heavy atom. The second-order valence-electron chi connectivity index (χ2n) is 3.40. The molecule has 0 aliphatic rings. The predicted octanol–water partition coefficient (Wildman–Crippen LogP) is -0.00230. The van der Waals surface area contributed by atoms with Gasteiger partial charge in [0, 0.05) is 0 Å². The molecule has 0 radical (unpaired) electrons. The van der Waals surface area contributed by atoms with Gasteiger partial charge in [0.05, 0.1) is 16.3 Å². The lowest BCUT2D eigenvalue weighted by Crippen LogP contribution is -2.20. The van der Waals surface area contributed by atoms with Crippen LogP contribution in [0.15, 0.2) is 14.5 Å². The fourth-order valence-electron chi connectivity index (χ4n) is 1.07. The van der Waals surface area contributed by atoms with Crippen molar-refractivity contribution in [3.63, 3.8) is 0 Å². The topological polar surface area (TPSA) is 161 Å². The summed E-state index contributed by atoms with van der Waals surface area (Å²) in [6.07, 6.45) is -0.609. The van der Waals surface area contributed by atoms with Gasteiger partial charge in [0.15, 0.2) is 0 Å². The number of carbonyl (C=O) groups is 2. The first-order valence-electron chi connectivity index (χ1n) is 4.64.